The van der Waals surface area contributed by atoms with Gasteiger partial charge in [0.15, 0.2) is 0 Å². The maximum Gasteiger partial charge on any atom is 0.134 e. The number of pyridine rings is 1. The molecule has 0 radical (unpaired) electrons. The fourth-order valence-corrected chi connectivity index (χ4v) is 2.76. The minimum atomic E-state index is 0.121. The van der Waals surface area contributed by atoms with Crippen LogP contribution in [0.25, 0.3) is 10.9 Å². The Balaban J connectivity index is 1.81. The zero-order chi connectivity index (χ0) is 13.9. The minimum Gasteiger partial charge on any atom is -0.374 e. The van der Waals surface area contributed by atoms with Gasteiger partial charge in [-0.3, -0.25) is 4.90 Å². The van der Waals surface area contributed by atoms with Crippen LogP contribution in [0.5, 0.6) is 0 Å². The summed E-state index contributed by atoms with van der Waals surface area (Å²) in [6.07, 6.45) is 0.121. The first-order valence-electron chi connectivity index (χ1n) is 6.84. The van der Waals surface area contributed by atoms with Crippen molar-refractivity contribution in [2.45, 2.75) is 12.6 Å². The van der Waals surface area contributed by atoms with Crippen LogP contribution in [-0.2, 0) is 11.3 Å². The number of nitrogens with zero attached hydrogens (tertiary/aromatic N) is 2. The Morgan fingerprint density at radius 3 is 3.10 bits per heavy atom. The second kappa shape index (κ2) is 6.06. The van der Waals surface area contributed by atoms with Crippen LogP contribution in [0, 0.1) is 0 Å². The molecule has 0 saturated carbocycles. The highest BCUT2D eigenvalue weighted by atomic mass is 35.5. The molecule has 1 aliphatic heterocycles. The van der Waals surface area contributed by atoms with Gasteiger partial charge in [0.1, 0.15) is 5.15 Å². The Bertz CT molecular complexity index is 605. The van der Waals surface area contributed by atoms with Crippen LogP contribution < -0.4 is 5.73 Å². The van der Waals surface area contributed by atoms with Gasteiger partial charge < -0.3 is 10.5 Å². The van der Waals surface area contributed by atoms with Gasteiger partial charge >= 0.3 is 0 Å². The number of ether oxygens (including phenoxy) is 1. The van der Waals surface area contributed by atoms with E-state index in [0.29, 0.717) is 11.7 Å². The lowest BCUT2D eigenvalue weighted by Crippen LogP contribution is -2.45. The lowest BCUT2D eigenvalue weighted by Gasteiger charge is -2.32. The smallest absolute Gasteiger partial charge is 0.134 e. The Hall–Kier alpha value is -1.20. The number of benzene rings is 1. The van der Waals surface area contributed by atoms with Crippen molar-refractivity contribution in [2.24, 2.45) is 5.73 Å². The van der Waals surface area contributed by atoms with Crippen LogP contribution in [-0.4, -0.2) is 42.2 Å². The van der Waals surface area contributed by atoms with Crippen molar-refractivity contribution in [2.75, 3.05) is 26.2 Å². The number of aromatic nitrogens is 1. The standard InChI is InChI=1S/C15H18ClN3O/c16-15-12(7-11-3-1-2-4-14(11)18-15)9-19-5-6-20-13(8-17)10-19/h1-4,7,13H,5-6,8-10,17H2. The fraction of sp³-hybridized carbons (Fsp3) is 0.400. The summed E-state index contributed by atoms with van der Waals surface area (Å²) >= 11 is 6.30. The summed E-state index contributed by atoms with van der Waals surface area (Å²) in [6, 6.07) is 10.1. The number of rotatable bonds is 3. The van der Waals surface area contributed by atoms with E-state index in [-0.39, 0.29) is 6.10 Å². The first kappa shape index (κ1) is 13.8. The molecule has 1 fully saturated rings. The molecule has 1 saturated heterocycles. The molecule has 1 atom stereocenters. The van der Waals surface area contributed by atoms with Crippen LogP contribution in [0.15, 0.2) is 30.3 Å². The van der Waals surface area contributed by atoms with Crippen molar-refractivity contribution in [3.63, 3.8) is 0 Å². The molecule has 0 spiro atoms. The largest absolute Gasteiger partial charge is 0.374 e. The van der Waals surface area contributed by atoms with Gasteiger partial charge in [0, 0.05) is 37.1 Å². The molecule has 1 unspecified atom stereocenters. The van der Waals surface area contributed by atoms with Crippen molar-refractivity contribution in [1.82, 2.24) is 9.88 Å². The number of halogens is 1. The van der Waals surface area contributed by atoms with Gasteiger partial charge in [-0.1, -0.05) is 29.8 Å². The first-order valence-corrected chi connectivity index (χ1v) is 7.22. The topological polar surface area (TPSA) is 51.4 Å². The number of nitrogens with two attached hydrogens (primary N) is 1. The second-order valence-electron chi connectivity index (χ2n) is 5.09. The van der Waals surface area contributed by atoms with Crippen LogP contribution in [0.4, 0.5) is 0 Å². The summed E-state index contributed by atoms with van der Waals surface area (Å²) in [5, 5.41) is 1.70. The molecule has 106 valence electrons. The molecule has 2 heterocycles. The molecule has 0 amide bonds. The van der Waals surface area contributed by atoms with Crippen LogP contribution in [0.2, 0.25) is 5.15 Å². The van der Waals surface area contributed by atoms with Crippen molar-refractivity contribution in [1.29, 1.82) is 0 Å². The Morgan fingerprint density at radius 1 is 1.40 bits per heavy atom. The van der Waals surface area contributed by atoms with E-state index in [0.717, 1.165) is 42.7 Å². The third-order valence-corrected chi connectivity index (χ3v) is 3.96. The first-order chi connectivity index (χ1) is 9.76. The zero-order valence-electron chi connectivity index (χ0n) is 11.3. The lowest BCUT2D eigenvalue weighted by molar-refractivity contribution is -0.0260. The second-order valence-corrected chi connectivity index (χ2v) is 5.45. The van der Waals surface area contributed by atoms with Gasteiger partial charge in [-0.2, -0.15) is 0 Å². The molecule has 1 aliphatic rings. The Kier molecular flexibility index (Phi) is 4.17. The highest BCUT2D eigenvalue weighted by molar-refractivity contribution is 6.30. The monoisotopic (exact) mass is 291 g/mol. The van der Waals surface area contributed by atoms with Crippen LogP contribution >= 0.6 is 11.6 Å². The summed E-state index contributed by atoms with van der Waals surface area (Å²) in [5.41, 5.74) is 7.66. The molecule has 2 aromatic rings. The summed E-state index contributed by atoms with van der Waals surface area (Å²) in [5.74, 6) is 0. The van der Waals surface area contributed by atoms with Crippen molar-refractivity contribution in [3.8, 4) is 0 Å². The van der Waals surface area contributed by atoms with E-state index in [4.69, 9.17) is 22.1 Å². The van der Waals surface area contributed by atoms with Crippen molar-refractivity contribution < 1.29 is 4.74 Å². The SMILES string of the molecule is NCC1CN(Cc2cc3ccccc3nc2Cl)CCO1. The maximum atomic E-state index is 6.30. The van der Waals surface area contributed by atoms with Gasteiger partial charge in [0.05, 0.1) is 18.2 Å². The minimum absolute atomic E-state index is 0.121. The van der Waals surface area contributed by atoms with E-state index in [2.05, 4.69) is 22.0 Å². The molecular weight excluding hydrogens is 274 g/mol. The summed E-state index contributed by atoms with van der Waals surface area (Å²) in [4.78, 5) is 6.78. The molecule has 20 heavy (non-hydrogen) atoms. The number of fused-ring (bicyclic) bond motifs is 1. The average molecular weight is 292 g/mol. The third kappa shape index (κ3) is 2.94. The van der Waals surface area contributed by atoms with Crippen LogP contribution in [0.3, 0.4) is 0 Å². The van der Waals surface area contributed by atoms with E-state index in [1.54, 1.807) is 0 Å². The molecule has 3 rings (SSSR count). The van der Waals surface area contributed by atoms with E-state index in [1.807, 2.05) is 18.2 Å². The highest BCUT2D eigenvalue weighted by Gasteiger charge is 2.20. The molecular formula is C15H18ClN3O. The van der Waals surface area contributed by atoms with Gasteiger partial charge in [-0.05, 0) is 12.1 Å². The number of hydrogen-bond acceptors (Lipinski definition) is 4. The van der Waals surface area contributed by atoms with Gasteiger partial charge in [0.2, 0.25) is 0 Å². The highest BCUT2D eigenvalue weighted by Crippen LogP contribution is 2.22. The van der Waals surface area contributed by atoms with E-state index in [9.17, 15) is 0 Å². The molecule has 0 aliphatic carbocycles. The normalized spacial score (nSPS) is 20.4. The summed E-state index contributed by atoms with van der Waals surface area (Å²) < 4.78 is 5.58. The van der Waals surface area contributed by atoms with Crippen molar-refractivity contribution >= 4 is 22.5 Å². The van der Waals surface area contributed by atoms with E-state index < -0.39 is 0 Å². The summed E-state index contributed by atoms with van der Waals surface area (Å²) in [7, 11) is 0. The Labute approximate surface area is 123 Å². The molecule has 2 N–H and O–H groups in total. The zero-order valence-corrected chi connectivity index (χ0v) is 12.0. The molecule has 1 aromatic carbocycles. The van der Waals surface area contributed by atoms with Gasteiger partial charge in [-0.25, -0.2) is 4.98 Å². The van der Waals surface area contributed by atoms with Gasteiger partial charge in [-0.15, -0.1) is 0 Å². The van der Waals surface area contributed by atoms with E-state index >= 15 is 0 Å². The van der Waals surface area contributed by atoms with Gasteiger partial charge in [0.25, 0.3) is 0 Å². The number of hydrogen-bond donors (Lipinski definition) is 1. The predicted octanol–water partition coefficient (Wildman–Crippen LogP) is 2.05. The van der Waals surface area contributed by atoms with E-state index in [1.165, 1.54) is 0 Å². The van der Waals surface area contributed by atoms with Crippen molar-refractivity contribution in [3.05, 3.63) is 41.0 Å². The lowest BCUT2D eigenvalue weighted by atomic mass is 10.1. The third-order valence-electron chi connectivity index (χ3n) is 3.63. The summed E-state index contributed by atoms with van der Waals surface area (Å²) in [6.45, 7) is 3.82. The number of para-hydroxylation sites is 1. The molecule has 4 nitrogen and oxygen atoms in total. The maximum absolute atomic E-state index is 6.30. The fourth-order valence-electron chi connectivity index (χ4n) is 2.55. The predicted molar refractivity (Wildman–Crippen MR) is 80.8 cm³/mol. The number of morpholine rings is 1. The quantitative estimate of drug-likeness (QED) is 0.880. The Morgan fingerprint density at radius 2 is 2.25 bits per heavy atom. The molecule has 1 aromatic heterocycles. The average Bonchev–Trinajstić information content (AvgIpc) is 2.48. The van der Waals surface area contributed by atoms with Crippen LogP contribution in [0.1, 0.15) is 5.56 Å². The molecule has 0 bridgehead atoms. The molecule has 5 heteroatoms.